The van der Waals surface area contributed by atoms with Crippen LogP contribution in [0.5, 0.6) is 5.75 Å². The highest BCUT2D eigenvalue weighted by atomic mass is 32.1. The maximum atomic E-state index is 12.1. The summed E-state index contributed by atoms with van der Waals surface area (Å²) in [5.41, 5.74) is 7.36. The molecule has 19 heavy (non-hydrogen) atoms. The second-order valence-electron chi connectivity index (χ2n) is 4.08. The fraction of sp³-hybridized carbons (Fsp3) is 0.385. The molecule has 0 aliphatic carbocycles. The van der Waals surface area contributed by atoms with Crippen molar-refractivity contribution in [1.82, 2.24) is 4.98 Å². The van der Waals surface area contributed by atoms with Crippen molar-refractivity contribution in [2.75, 3.05) is 19.5 Å². The summed E-state index contributed by atoms with van der Waals surface area (Å²) in [6.45, 7) is 4.19. The molecule has 0 aliphatic rings. The average molecular weight is 280 g/mol. The molecule has 2 rings (SSSR count). The zero-order valence-corrected chi connectivity index (χ0v) is 12.0. The smallest absolute Gasteiger partial charge is 0.341 e. The van der Waals surface area contributed by atoms with Crippen molar-refractivity contribution in [1.29, 1.82) is 0 Å². The molecular weight excluding hydrogens is 264 g/mol. The fourth-order valence-electron chi connectivity index (χ4n) is 1.81. The molecule has 0 bridgehead atoms. The predicted molar refractivity (Wildman–Crippen MR) is 75.9 cm³/mol. The van der Waals surface area contributed by atoms with Crippen LogP contribution in [-0.2, 0) is 4.74 Å². The fourth-order valence-corrected chi connectivity index (χ4v) is 2.75. The third kappa shape index (κ3) is 2.49. The second kappa shape index (κ2) is 5.44. The van der Waals surface area contributed by atoms with Crippen molar-refractivity contribution in [3.63, 3.8) is 0 Å². The van der Waals surface area contributed by atoms with Crippen LogP contribution in [0, 0.1) is 6.92 Å². The van der Waals surface area contributed by atoms with Crippen LogP contribution in [0.2, 0.25) is 0 Å². The zero-order chi connectivity index (χ0) is 14.0. The molecule has 0 radical (unpaired) electrons. The van der Waals surface area contributed by atoms with E-state index in [0.29, 0.717) is 29.1 Å². The number of nitrogens with two attached hydrogens (primary N) is 1. The number of carbonyl (C=O) groups is 1. The maximum Gasteiger partial charge on any atom is 0.341 e. The van der Waals surface area contributed by atoms with Gasteiger partial charge in [-0.25, -0.2) is 9.78 Å². The molecule has 0 unspecified atom stereocenters. The molecule has 2 aromatic rings. The number of benzene rings is 1. The number of hydrogen-bond acceptors (Lipinski definition) is 6. The molecule has 1 aromatic carbocycles. The number of methoxy groups -OCH3 is 1. The Bertz CT molecular complexity index is 622. The van der Waals surface area contributed by atoms with Crippen LogP contribution in [0.4, 0.5) is 5.69 Å². The van der Waals surface area contributed by atoms with Gasteiger partial charge in [0.1, 0.15) is 11.3 Å². The lowest BCUT2D eigenvalue weighted by Gasteiger charge is -2.10. The summed E-state index contributed by atoms with van der Waals surface area (Å²) in [4.78, 5) is 16.5. The topological polar surface area (TPSA) is 74.4 Å². The molecule has 0 amide bonds. The van der Waals surface area contributed by atoms with Gasteiger partial charge in [-0.15, -0.1) is 11.3 Å². The van der Waals surface area contributed by atoms with E-state index in [2.05, 4.69) is 4.98 Å². The first-order chi connectivity index (χ1) is 9.08. The van der Waals surface area contributed by atoms with E-state index in [1.807, 2.05) is 13.8 Å². The number of rotatable bonds is 4. The molecule has 5 nitrogen and oxygen atoms in total. The highest BCUT2D eigenvalue weighted by molar-refractivity contribution is 7.19. The minimum Gasteiger partial charge on any atom is -0.494 e. The number of fused-ring (bicyclic) bond motifs is 1. The number of thiazole rings is 1. The summed E-state index contributed by atoms with van der Waals surface area (Å²) in [6.07, 6.45) is 0.764. The van der Waals surface area contributed by atoms with Gasteiger partial charge in [0.2, 0.25) is 0 Å². The molecule has 0 spiro atoms. The van der Waals surface area contributed by atoms with E-state index in [4.69, 9.17) is 15.2 Å². The van der Waals surface area contributed by atoms with E-state index in [-0.39, 0.29) is 0 Å². The molecule has 1 aromatic heterocycles. The number of nitrogens with zero attached hydrogens (tertiary/aromatic N) is 1. The number of hydrogen-bond donors (Lipinski definition) is 1. The van der Waals surface area contributed by atoms with Crippen molar-refractivity contribution in [2.24, 2.45) is 0 Å². The normalized spacial score (nSPS) is 10.7. The van der Waals surface area contributed by atoms with Crippen LogP contribution < -0.4 is 10.5 Å². The first-order valence-corrected chi connectivity index (χ1v) is 6.80. The standard InChI is InChI=1S/C13H16N2O3S/c1-4-5-18-13(16)10-11(14)9(17-3)6-8-12(10)19-7(2)15-8/h6H,4-5,14H2,1-3H3. The number of ether oxygens (including phenoxy) is 2. The van der Waals surface area contributed by atoms with E-state index in [1.54, 1.807) is 6.07 Å². The van der Waals surface area contributed by atoms with Gasteiger partial charge in [-0.3, -0.25) is 0 Å². The van der Waals surface area contributed by atoms with Crippen LogP contribution >= 0.6 is 11.3 Å². The van der Waals surface area contributed by atoms with E-state index >= 15 is 0 Å². The van der Waals surface area contributed by atoms with Gasteiger partial charge in [0.25, 0.3) is 0 Å². The molecule has 0 saturated heterocycles. The van der Waals surface area contributed by atoms with Crippen molar-refractivity contribution in [3.8, 4) is 5.75 Å². The number of aryl methyl sites for hydroxylation is 1. The Balaban J connectivity index is 2.61. The van der Waals surface area contributed by atoms with Gasteiger partial charge in [-0.2, -0.15) is 0 Å². The molecule has 102 valence electrons. The Morgan fingerprint density at radius 3 is 2.89 bits per heavy atom. The van der Waals surface area contributed by atoms with E-state index in [1.165, 1.54) is 18.4 Å². The predicted octanol–water partition coefficient (Wildman–Crippen LogP) is 2.76. The Morgan fingerprint density at radius 2 is 2.26 bits per heavy atom. The lowest BCUT2D eigenvalue weighted by Crippen LogP contribution is -2.10. The Hall–Kier alpha value is -1.82. The number of esters is 1. The molecule has 2 N–H and O–H groups in total. The lowest BCUT2D eigenvalue weighted by molar-refractivity contribution is 0.0508. The SMILES string of the molecule is CCCOC(=O)c1c(N)c(OC)cc2nc(C)sc12. The van der Waals surface area contributed by atoms with Crippen LogP contribution in [0.15, 0.2) is 6.07 Å². The largest absolute Gasteiger partial charge is 0.494 e. The van der Waals surface area contributed by atoms with Gasteiger partial charge < -0.3 is 15.2 Å². The molecule has 0 saturated carbocycles. The third-order valence-corrected chi connectivity index (χ3v) is 3.66. The first-order valence-electron chi connectivity index (χ1n) is 5.99. The quantitative estimate of drug-likeness (QED) is 0.688. The summed E-state index contributed by atoms with van der Waals surface area (Å²) in [5.74, 6) is 0.0214. The van der Waals surface area contributed by atoms with Crippen molar-refractivity contribution >= 4 is 33.2 Å². The third-order valence-electron chi connectivity index (χ3n) is 2.65. The van der Waals surface area contributed by atoms with E-state index < -0.39 is 5.97 Å². The minimum absolute atomic E-state index is 0.305. The highest BCUT2D eigenvalue weighted by Crippen LogP contribution is 2.36. The Labute approximate surface area is 115 Å². The summed E-state index contributed by atoms with van der Waals surface area (Å²) >= 11 is 1.43. The van der Waals surface area contributed by atoms with Gasteiger partial charge in [0.15, 0.2) is 0 Å². The second-order valence-corrected chi connectivity index (χ2v) is 5.29. The van der Waals surface area contributed by atoms with Crippen LogP contribution in [-0.4, -0.2) is 24.7 Å². The first kappa shape index (κ1) is 13.6. The van der Waals surface area contributed by atoms with Crippen LogP contribution in [0.3, 0.4) is 0 Å². The average Bonchev–Trinajstić information content (AvgIpc) is 2.75. The Kier molecular flexibility index (Phi) is 3.90. The minimum atomic E-state index is -0.424. The van der Waals surface area contributed by atoms with Crippen molar-refractivity contribution in [2.45, 2.75) is 20.3 Å². The van der Waals surface area contributed by atoms with Gasteiger partial charge in [0, 0.05) is 6.07 Å². The van der Waals surface area contributed by atoms with Gasteiger partial charge in [0.05, 0.1) is 34.6 Å². The number of anilines is 1. The lowest BCUT2D eigenvalue weighted by atomic mass is 10.1. The van der Waals surface area contributed by atoms with Crippen molar-refractivity contribution in [3.05, 3.63) is 16.6 Å². The summed E-state index contributed by atoms with van der Waals surface area (Å²) < 4.78 is 11.1. The highest BCUT2D eigenvalue weighted by Gasteiger charge is 2.21. The number of aromatic nitrogens is 1. The molecule has 0 aliphatic heterocycles. The number of nitrogen functional groups attached to an aromatic ring is 1. The Morgan fingerprint density at radius 1 is 1.53 bits per heavy atom. The van der Waals surface area contributed by atoms with Gasteiger partial charge in [-0.1, -0.05) is 6.92 Å². The molecule has 1 heterocycles. The van der Waals surface area contributed by atoms with E-state index in [9.17, 15) is 4.79 Å². The van der Waals surface area contributed by atoms with Gasteiger partial charge >= 0.3 is 5.97 Å². The van der Waals surface area contributed by atoms with E-state index in [0.717, 1.165) is 16.1 Å². The maximum absolute atomic E-state index is 12.1. The van der Waals surface area contributed by atoms with Crippen LogP contribution in [0.25, 0.3) is 10.2 Å². The number of carbonyl (C=O) groups excluding carboxylic acids is 1. The van der Waals surface area contributed by atoms with Gasteiger partial charge in [-0.05, 0) is 13.3 Å². The molecule has 0 atom stereocenters. The summed E-state index contributed by atoms with van der Waals surface area (Å²) in [5, 5.41) is 0.868. The molecule has 0 fully saturated rings. The summed E-state index contributed by atoms with van der Waals surface area (Å²) in [7, 11) is 1.51. The summed E-state index contributed by atoms with van der Waals surface area (Å²) in [6, 6.07) is 1.74. The molecule has 6 heteroatoms. The molecular formula is C13H16N2O3S. The zero-order valence-electron chi connectivity index (χ0n) is 11.1. The monoisotopic (exact) mass is 280 g/mol. The van der Waals surface area contributed by atoms with Crippen LogP contribution in [0.1, 0.15) is 28.7 Å². The van der Waals surface area contributed by atoms with Crippen molar-refractivity contribution < 1.29 is 14.3 Å².